The van der Waals surface area contributed by atoms with E-state index in [-0.39, 0.29) is 9.88 Å². The van der Waals surface area contributed by atoms with Crippen LogP contribution in [0.25, 0.3) is 10.6 Å². The van der Waals surface area contributed by atoms with E-state index in [0.717, 1.165) is 12.3 Å². The number of benzene rings is 1. The standard InChI is InChI=1S/C10H4F2N2O4S/c11-4-1-2-5(14(17)18)8(12)7(4)9-13-3-6(19-9)10(15)16/h1-3H,(H,15,16). The number of carbonyl (C=O) groups is 1. The Hall–Kier alpha value is -2.42. The van der Waals surface area contributed by atoms with Gasteiger partial charge in [-0.15, -0.1) is 11.3 Å². The molecule has 1 N–H and O–H groups in total. The molecule has 1 aromatic heterocycles. The Morgan fingerprint density at radius 3 is 2.63 bits per heavy atom. The van der Waals surface area contributed by atoms with Crippen molar-refractivity contribution in [2.24, 2.45) is 0 Å². The minimum Gasteiger partial charge on any atom is -0.477 e. The van der Waals surface area contributed by atoms with Gasteiger partial charge in [-0.05, 0) is 6.07 Å². The van der Waals surface area contributed by atoms with Crippen molar-refractivity contribution >= 4 is 23.0 Å². The van der Waals surface area contributed by atoms with Crippen LogP contribution in [0.5, 0.6) is 0 Å². The predicted octanol–water partition coefficient (Wildman–Crippen LogP) is 2.69. The zero-order chi connectivity index (χ0) is 14.2. The predicted molar refractivity (Wildman–Crippen MR) is 61.1 cm³/mol. The molecule has 0 aliphatic rings. The van der Waals surface area contributed by atoms with Crippen LogP contribution in [0.3, 0.4) is 0 Å². The molecule has 0 atom stereocenters. The van der Waals surface area contributed by atoms with E-state index in [1.165, 1.54) is 0 Å². The molecule has 2 rings (SSSR count). The maximum atomic E-state index is 13.8. The molecule has 0 radical (unpaired) electrons. The number of hydrogen-bond acceptors (Lipinski definition) is 5. The molecule has 0 amide bonds. The number of halogens is 2. The van der Waals surface area contributed by atoms with Gasteiger partial charge in [-0.2, -0.15) is 4.39 Å². The van der Waals surface area contributed by atoms with Crippen molar-refractivity contribution in [1.82, 2.24) is 4.98 Å². The number of rotatable bonds is 3. The number of nitro benzene ring substituents is 1. The van der Waals surface area contributed by atoms with Crippen molar-refractivity contribution < 1.29 is 23.6 Å². The van der Waals surface area contributed by atoms with Gasteiger partial charge in [-0.25, -0.2) is 14.2 Å². The van der Waals surface area contributed by atoms with Gasteiger partial charge >= 0.3 is 11.7 Å². The fourth-order valence-electron chi connectivity index (χ4n) is 1.37. The number of carboxylic acids is 1. The number of thiazole rings is 1. The van der Waals surface area contributed by atoms with Crippen molar-refractivity contribution in [3.05, 3.63) is 45.0 Å². The second kappa shape index (κ2) is 4.69. The van der Waals surface area contributed by atoms with Gasteiger partial charge in [0.1, 0.15) is 15.7 Å². The largest absolute Gasteiger partial charge is 0.477 e. The Morgan fingerprint density at radius 2 is 2.11 bits per heavy atom. The van der Waals surface area contributed by atoms with Crippen LogP contribution >= 0.6 is 11.3 Å². The molecule has 1 heterocycles. The maximum absolute atomic E-state index is 13.8. The monoisotopic (exact) mass is 286 g/mol. The fraction of sp³-hybridized carbons (Fsp3) is 0. The summed E-state index contributed by atoms with van der Waals surface area (Å²) in [5, 5.41) is 19.0. The third kappa shape index (κ3) is 2.27. The first kappa shape index (κ1) is 13.0. The minimum absolute atomic E-state index is 0.222. The molecular formula is C10H4F2N2O4S. The van der Waals surface area contributed by atoms with Crippen LogP contribution in [0.15, 0.2) is 18.3 Å². The lowest BCUT2D eigenvalue weighted by molar-refractivity contribution is -0.387. The summed E-state index contributed by atoms with van der Waals surface area (Å²) in [6.07, 6.45) is 0.931. The third-order valence-electron chi connectivity index (χ3n) is 2.20. The van der Waals surface area contributed by atoms with Crippen molar-refractivity contribution in [3.8, 4) is 10.6 Å². The van der Waals surface area contributed by atoms with Crippen LogP contribution in [-0.2, 0) is 0 Å². The highest BCUT2D eigenvalue weighted by atomic mass is 32.1. The molecule has 0 bridgehead atoms. The first-order chi connectivity index (χ1) is 8.91. The smallest absolute Gasteiger partial charge is 0.347 e. The van der Waals surface area contributed by atoms with Crippen LogP contribution < -0.4 is 0 Å². The van der Waals surface area contributed by atoms with Gasteiger partial charge in [0.05, 0.1) is 16.7 Å². The van der Waals surface area contributed by atoms with Gasteiger partial charge in [0.2, 0.25) is 5.82 Å². The second-order valence-electron chi connectivity index (χ2n) is 3.35. The lowest BCUT2D eigenvalue weighted by Gasteiger charge is -2.01. The Kier molecular flexibility index (Phi) is 3.21. The van der Waals surface area contributed by atoms with E-state index in [4.69, 9.17) is 5.11 Å². The molecule has 2 aromatic rings. The fourth-order valence-corrected chi connectivity index (χ4v) is 2.16. The molecule has 0 saturated heterocycles. The number of carboxylic acid groups (broad SMARTS) is 1. The van der Waals surface area contributed by atoms with Crippen molar-refractivity contribution in [1.29, 1.82) is 0 Å². The van der Waals surface area contributed by atoms with Gasteiger partial charge in [-0.1, -0.05) is 0 Å². The normalized spacial score (nSPS) is 10.4. The van der Waals surface area contributed by atoms with E-state index < -0.39 is 33.8 Å². The van der Waals surface area contributed by atoms with Crippen molar-refractivity contribution in [2.75, 3.05) is 0 Å². The van der Waals surface area contributed by atoms with Crippen molar-refractivity contribution in [3.63, 3.8) is 0 Å². The van der Waals surface area contributed by atoms with E-state index >= 15 is 0 Å². The van der Waals surface area contributed by atoms with Gasteiger partial charge in [-0.3, -0.25) is 10.1 Å². The molecule has 0 unspecified atom stereocenters. The number of nitrogens with zero attached hydrogens (tertiary/aromatic N) is 2. The summed E-state index contributed by atoms with van der Waals surface area (Å²) in [6.45, 7) is 0. The number of aromatic carboxylic acids is 1. The molecule has 1 aromatic carbocycles. The highest BCUT2D eigenvalue weighted by Crippen LogP contribution is 2.34. The molecule has 0 saturated carbocycles. The summed E-state index contributed by atoms with van der Waals surface area (Å²) in [5.41, 5.74) is -1.60. The van der Waals surface area contributed by atoms with Crippen LogP contribution in [0.1, 0.15) is 9.67 Å². The maximum Gasteiger partial charge on any atom is 0.347 e. The average molecular weight is 286 g/mol. The van der Waals surface area contributed by atoms with Gasteiger partial charge in [0.15, 0.2) is 0 Å². The summed E-state index contributed by atoms with van der Waals surface area (Å²) in [4.78, 5) is 23.6. The van der Waals surface area contributed by atoms with Crippen molar-refractivity contribution in [2.45, 2.75) is 0 Å². The van der Waals surface area contributed by atoms with Gasteiger partial charge in [0, 0.05) is 6.07 Å². The molecule has 9 heteroatoms. The third-order valence-corrected chi connectivity index (χ3v) is 3.20. The number of nitro groups is 1. The lowest BCUT2D eigenvalue weighted by Crippen LogP contribution is -1.97. The molecule has 6 nitrogen and oxygen atoms in total. The number of hydrogen-bond donors (Lipinski definition) is 1. The van der Waals surface area contributed by atoms with E-state index in [9.17, 15) is 23.7 Å². The molecule has 0 spiro atoms. The highest BCUT2D eigenvalue weighted by molar-refractivity contribution is 7.16. The number of aromatic nitrogens is 1. The van der Waals surface area contributed by atoms with E-state index in [2.05, 4.69) is 4.98 Å². The SMILES string of the molecule is O=C(O)c1cnc(-c2c(F)ccc([N+](=O)[O-])c2F)s1. The summed E-state index contributed by atoms with van der Waals surface area (Å²) < 4.78 is 27.4. The molecule has 98 valence electrons. The van der Waals surface area contributed by atoms with E-state index in [1.54, 1.807) is 0 Å². The van der Waals surface area contributed by atoms with Crippen LogP contribution in [0, 0.1) is 21.7 Å². The van der Waals surface area contributed by atoms with Crippen LogP contribution in [0.4, 0.5) is 14.5 Å². The molecule has 0 fully saturated rings. The zero-order valence-corrected chi connectivity index (χ0v) is 9.78. The Labute approximate surface area is 108 Å². The Morgan fingerprint density at radius 1 is 1.42 bits per heavy atom. The molecule has 19 heavy (non-hydrogen) atoms. The van der Waals surface area contributed by atoms with E-state index in [1.807, 2.05) is 0 Å². The first-order valence-electron chi connectivity index (χ1n) is 4.73. The molecule has 0 aliphatic heterocycles. The average Bonchev–Trinajstić information content (AvgIpc) is 2.78. The summed E-state index contributed by atoms with van der Waals surface area (Å²) in [6, 6.07) is 1.43. The summed E-state index contributed by atoms with van der Waals surface area (Å²) >= 11 is 0.530. The summed E-state index contributed by atoms with van der Waals surface area (Å²) in [5.74, 6) is -3.72. The highest BCUT2D eigenvalue weighted by Gasteiger charge is 2.25. The lowest BCUT2D eigenvalue weighted by atomic mass is 10.2. The molecule has 0 aliphatic carbocycles. The first-order valence-corrected chi connectivity index (χ1v) is 5.55. The zero-order valence-electron chi connectivity index (χ0n) is 8.96. The topological polar surface area (TPSA) is 93.3 Å². The van der Waals surface area contributed by atoms with Gasteiger partial charge < -0.3 is 5.11 Å². The van der Waals surface area contributed by atoms with Crippen LogP contribution in [0.2, 0.25) is 0 Å². The van der Waals surface area contributed by atoms with Gasteiger partial charge in [0.25, 0.3) is 0 Å². The molecular weight excluding hydrogens is 282 g/mol. The Bertz CT molecular complexity index is 686. The van der Waals surface area contributed by atoms with Crippen LogP contribution in [-0.4, -0.2) is 21.0 Å². The quantitative estimate of drug-likeness (QED) is 0.691. The van der Waals surface area contributed by atoms with E-state index in [0.29, 0.717) is 17.4 Å². The summed E-state index contributed by atoms with van der Waals surface area (Å²) in [7, 11) is 0. The Balaban J connectivity index is 2.63. The second-order valence-corrected chi connectivity index (χ2v) is 4.38. The minimum atomic E-state index is -1.38.